The summed E-state index contributed by atoms with van der Waals surface area (Å²) in [5.41, 5.74) is 0.480. The van der Waals surface area contributed by atoms with E-state index >= 15 is 0 Å². The highest BCUT2D eigenvalue weighted by molar-refractivity contribution is 5.18. The standard InChI is InChI=1S/C13H16F2O2/c14-10-4-9(5-11(15)7-10)6-12(16)8-13-2-1-3-17-13/h4-5,7,12-13,16H,1-3,6,8H2. The molecule has 1 aliphatic heterocycles. The smallest absolute Gasteiger partial charge is 0.126 e. The van der Waals surface area contributed by atoms with Gasteiger partial charge < -0.3 is 9.84 Å². The third kappa shape index (κ3) is 3.75. The topological polar surface area (TPSA) is 29.5 Å². The number of ether oxygens (including phenoxy) is 1. The van der Waals surface area contributed by atoms with Crippen molar-refractivity contribution in [2.45, 2.75) is 37.9 Å². The van der Waals surface area contributed by atoms with Crippen molar-refractivity contribution in [3.63, 3.8) is 0 Å². The Kier molecular flexibility index (Phi) is 4.07. The molecule has 0 amide bonds. The second kappa shape index (κ2) is 5.56. The highest BCUT2D eigenvalue weighted by Crippen LogP contribution is 2.19. The molecule has 2 rings (SSSR count). The molecule has 0 aliphatic carbocycles. The minimum absolute atomic E-state index is 0.0865. The summed E-state index contributed by atoms with van der Waals surface area (Å²) in [6.45, 7) is 0.742. The van der Waals surface area contributed by atoms with Gasteiger partial charge in [0.05, 0.1) is 12.2 Å². The molecule has 0 bridgehead atoms. The Hall–Kier alpha value is -1.00. The summed E-state index contributed by atoms with van der Waals surface area (Å²) >= 11 is 0. The summed E-state index contributed by atoms with van der Waals surface area (Å²) in [5, 5.41) is 9.82. The Balaban J connectivity index is 1.90. The van der Waals surface area contributed by atoms with Gasteiger partial charge in [0, 0.05) is 12.7 Å². The van der Waals surface area contributed by atoms with Crippen molar-refractivity contribution in [3.8, 4) is 0 Å². The molecule has 1 fully saturated rings. The molecule has 94 valence electrons. The van der Waals surface area contributed by atoms with E-state index in [9.17, 15) is 13.9 Å². The molecule has 0 aromatic heterocycles. The minimum atomic E-state index is -0.612. The maximum absolute atomic E-state index is 12.9. The van der Waals surface area contributed by atoms with Gasteiger partial charge in [-0.1, -0.05) is 0 Å². The molecule has 0 saturated carbocycles. The van der Waals surface area contributed by atoms with Crippen molar-refractivity contribution in [2.24, 2.45) is 0 Å². The Morgan fingerprint density at radius 3 is 2.59 bits per heavy atom. The van der Waals surface area contributed by atoms with Gasteiger partial charge in [0.2, 0.25) is 0 Å². The van der Waals surface area contributed by atoms with Gasteiger partial charge in [-0.25, -0.2) is 8.78 Å². The van der Waals surface area contributed by atoms with Crippen LogP contribution in [0.1, 0.15) is 24.8 Å². The lowest BCUT2D eigenvalue weighted by Gasteiger charge is -2.15. The number of rotatable bonds is 4. The van der Waals surface area contributed by atoms with Gasteiger partial charge in [0.1, 0.15) is 11.6 Å². The van der Waals surface area contributed by atoms with Crippen LogP contribution in [0.3, 0.4) is 0 Å². The second-order valence-corrected chi connectivity index (χ2v) is 4.51. The van der Waals surface area contributed by atoms with E-state index in [1.807, 2.05) is 0 Å². The molecule has 1 aromatic rings. The summed E-state index contributed by atoms with van der Waals surface area (Å²) in [6, 6.07) is 3.33. The molecule has 1 saturated heterocycles. The monoisotopic (exact) mass is 242 g/mol. The zero-order valence-corrected chi connectivity index (χ0v) is 9.53. The van der Waals surface area contributed by atoms with Crippen LogP contribution in [0, 0.1) is 11.6 Å². The van der Waals surface area contributed by atoms with Crippen molar-refractivity contribution in [1.82, 2.24) is 0 Å². The Labute approximate surface area is 99.2 Å². The molecule has 1 aliphatic rings. The van der Waals surface area contributed by atoms with Gasteiger partial charge >= 0.3 is 0 Å². The molecule has 2 atom stereocenters. The van der Waals surface area contributed by atoms with Crippen LogP contribution in [0.4, 0.5) is 8.78 Å². The van der Waals surface area contributed by atoms with Crippen LogP contribution < -0.4 is 0 Å². The number of hydrogen-bond donors (Lipinski definition) is 1. The number of aliphatic hydroxyl groups excluding tert-OH is 1. The summed E-state index contributed by atoms with van der Waals surface area (Å²) in [5.74, 6) is -1.21. The van der Waals surface area contributed by atoms with E-state index in [0.717, 1.165) is 25.5 Å². The van der Waals surface area contributed by atoms with Crippen molar-refractivity contribution < 1.29 is 18.6 Å². The van der Waals surface area contributed by atoms with Gasteiger partial charge in [-0.2, -0.15) is 0 Å². The maximum Gasteiger partial charge on any atom is 0.126 e. The van der Waals surface area contributed by atoms with Crippen molar-refractivity contribution >= 4 is 0 Å². The average molecular weight is 242 g/mol. The van der Waals surface area contributed by atoms with Crippen LogP contribution in [-0.2, 0) is 11.2 Å². The zero-order valence-electron chi connectivity index (χ0n) is 9.53. The third-order valence-electron chi connectivity index (χ3n) is 2.95. The fourth-order valence-electron chi connectivity index (χ4n) is 2.22. The van der Waals surface area contributed by atoms with Crippen LogP contribution in [0.25, 0.3) is 0 Å². The molecule has 0 spiro atoms. The van der Waals surface area contributed by atoms with E-state index in [4.69, 9.17) is 4.74 Å². The van der Waals surface area contributed by atoms with E-state index in [-0.39, 0.29) is 12.5 Å². The predicted octanol–water partition coefficient (Wildman–Crippen LogP) is 2.44. The third-order valence-corrected chi connectivity index (χ3v) is 2.95. The molecule has 2 nitrogen and oxygen atoms in total. The minimum Gasteiger partial charge on any atom is -0.393 e. The van der Waals surface area contributed by atoms with E-state index in [1.165, 1.54) is 12.1 Å². The van der Waals surface area contributed by atoms with Gasteiger partial charge in [-0.05, 0) is 43.4 Å². The summed E-state index contributed by atoms with van der Waals surface area (Å²) < 4.78 is 31.3. The molecular formula is C13H16F2O2. The van der Waals surface area contributed by atoms with E-state index < -0.39 is 17.7 Å². The second-order valence-electron chi connectivity index (χ2n) is 4.51. The van der Waals surface area contributed by atoms with Crippen LogP contribution in [0.5, 0.6) is 0 Å². The molecule has 0 radical (unpaired) electrons. The zero-order chi connectivity index (χ0) is 12.3. The summed E-state index contributed by atoms with van der Waals surface area (Å²) in [6.07, 6.45) is 2.23. The highest BCUT2D eigenvalue weighted by Gasteiger charge is 2.19. The van der Waals surface area contributed by atoms with Crippen molar-refractivity contribution in [2.75, 3.05) is 6.61 Å². The molecule has 17 heavy (non-hydrogen) atoms. The van der Waals surface area contributed by atoms with E-state index in [0.29, 0.717) is 12.0 Å². The first-order valence-electron chi connectivity index (χ1n) is 5.88. The van der Waals surface area contributed by atoms with E-state index in [2.05, 4.69) is 0 Å². The van der Waals surface area contributed by atoms with E-state index in [1.54, 1.807) is 0 Å². The van der Waals surface area contributed by atoms with Gasteiger partial charge in [0.15, 0.2) is 0 Å². The van der Waals surface area contributed by atoms with Gasteiger partial charge in [-0.15, -0.1) is 0 Å². The lowest BCUT2D eigenvalue weighted by atomic mass is 10.0. The normalized spacial score (nSPS) is 21.7. The van der Waals surface area contributed by atoms with Crippen LogP contribution in [0.15, 0.2) is 18.2 Å². The molecule has 4 heteroatoms. The van der Waals surface area contributed by atoms with Crippen molar-refractivity contribution in [1.29, 1.82) is 0 Å². The number of halogens is 2. The Morgan fingerprint density at radius 2 is 2.00 bits per heavy atom. The predicted molar refractivity (Wildman–Crippen MR) is 59.7 cm³/mol. The maximum atomic E-state index is 12.9. The first-order valence-corrected chi connectivity index (χ1v) is 5.88. The number of benzene rings is 1. The highest BCUT2D eigenvalue weighted by atomic mass is 19.1. The summed E-state index contributed by atoms with van der Waals surface area (Å²) in [4.78, 5) is 0. The van der Waals surface area contributed by atoms with Crippen LogP contribution in [-0.4, -0.2) is 23.9 Å². The first kappa shape index (κ1) is 12.5. The largest absolute Gasteiger partial charge is 0.393 e. The fraction of sp³-hybridized carbons (Fsp3) is 0.538. The SMILES string of the molecule is OC(Cc1cc(F)cc(F)c1)CC1CCCO1. The lowest BCUT2D eigenvalue weighted by Crippen LogP contribution is -2.19. The number of hydrogen-bond acceptors (Lipinski definition) is 2. The quantitative estimate of drug-likeness (QED) is 0.878. The average Bonchev–Trinajstić information content (AvgIpc) is 2.67. The van der Waals surface area contributed by atoms with Gasteiger partial charge in [0.25, 0.3) is 0 Å². The van der Waals surface area contributed by atoms with Crippen molar-refractivity contribution in [3.05, 3.63) is 35.4 Å². The Morgan fingerprint density at radius 1 is 1.29 bits per heavy atom. The fourth-order valence-corrected chi connectivity index (χ4v) is 2.22. The molecule has 1 heterocycles. The van der Waals surface area contributed by atoms with Crippen LogP contribution in [0.2, 0.25) is 0 Å². The van der Waals surface area contributed by atoms with Crippen LogP contribution >= 0.6 is 0 Å². The first-order chi connectivity index (χ1) is 8.13. The molecule has 1 aromatic carbocycles. The molecular weight excluding hydrogens is 226 g/mol. The molecule has 1 N–H and O–H groups in total. The Bertz CT molecular complexity index is 355. The molecule has 2 unspecified atom stereocenters. The number of aliphatic hydroxyl groups is 1. The lowest BCUT2D eigenvalue weighted by molar-refractivity contribution is 0.0540. The summed E-state index contributed by atoms with van der Waals surface area (Å²) in [7, 11) is 0. The van der Waals surface area contributed by atoms with Gasteiger partial charge in [-0.3, -0.25) is 0 Å².